The summed E-state index contributed by atoms with van der Waals surface area (Å²) in [6.07, 6.45) is 0.616. The Morgan fingerprint density at radius 3 is 2.20 bits per heavy atom. The molecule has 2 aromatic carbocycles. The number of hydrogen-bond donors (Lipinski definition) is 2. The molecule has 0 aromatic heterocycles. The molecule has 0 heterocycles. The summed E-state index contributed by atoms with van der Waals surface area (Å²) in [5.74, 6) is -1.15. The van der Waals surface area contributed by atoms with E-state index in [1.54, 1.807) is 0 Å². The van der Waals surface area contributed by atoms with Gasteiger partial charge in [0.15, 0.2) is 0 Å². The molecule has 20 heavy (non-hydrogen) atoms. The minimum atomic E-state index is -0.577. The van der Waals surface area contributed by atoms with Gasteiger partial charge in [-0.1, -0.05) is 12.1 Å². The highest BCUT2D eigenvalue weighted by Crippen LogP contribution is 2.21. The van der Waals surface area contributed by atoms with Crippen LogP contribution in [0.3, 0.4) is 0 Å². The second kappa shape index (κ2) is 6.48. The number of rotatable bonds is 5. The molecule has 2 rings (SSSR count). The number of halogens is 2. The lowest BCUT2D eigenvalue weighted by molar-refractivity contribution is 0.299. The van der Waals surface area contributed by atoms with Crippen molar-refractivity contribution >= 4 is 5.69 Å². The number of anilines is 1. The summed E-state index contributed by atoms with van der Waals surface area (Å²) in [7, 11) is 0. The Hall–Kier alpha value is -1.94. The molecule has 0 saturated carbocycles. The van der Waals surface area contributed by atoms with Gasteiger partial charge in [0, 0.05) is 24.4 Å². The summed E-state index contributed by atoms with van der Waals surface area (Å²) in [5, 5.41) is 12.0. The first-order chi connectivity index (χ1) is 9.58. The first kappa shape index (κ1) is 14.5. The Kier molecular flexibility index (Phi) is 4.69. The third-order valence-electron chi connectivity index (χ3n) is 3.12. The van der Waals surface area contributed by atoms with E-state index in [1.807, 2.05) is 31.2 Å². The second-order valence-corrected chi connectivity index (χ2v) is 4.74. The topological polar surface area (TPSA) is 32.3 Å². The molecule has 0 amide bonds. The van der Waals surface area contributed by atoms with Crippen LogP contribution in [0, 0.1) is 11.6 Å². The molecular formula is C16H17F2NO. The van der Waals surface area contributed by atoms with Gasteiger partial charge in [-0.3, -0.25) is 0 Å². The van der Waals surface area contributed by atoms with Gasteiger partial charge in [0.1, 0.15) is 11.6 Å². The average Bonchev–Trinajstić information content (AvgIpc) is 2.40. The SMILES string of the molecule is CC(Nc1ccc(CCO)cc1)c1cc(F)cc(F)c1. The molecule has 0 spiro atoms. The van der Waals surface area contributed by atoms with Crippen molar-refractivity contribution in [1.29, 1.82) is 0 Å². The Labute approximate surface area is 117 Å². The minimum absolute atomic E-state index is 0.117. The van der Waals surface area contributed by atoms with E-state index in [2.05, 4.69) is 5.32 Å². The molecule has 0 aliphatic rings. The van der Waals surface area contributed by atoms with Crippen LogP contribution in [0.2, 0.25) is 0 Å². The maximum atomic E-state index is 13.2. The molecule has 2 nitrogen and oxygen atoms in total. The maximum Gasteiger partial charge on any atom is 0.126 e. The van der Waals surface area contributed by atoms with E-state index < -0.39 is 11.6 Å². The fourth-order valence-corrected chi connectivity index (χ4v) is 2.06. The Balaban J connectivity index is 2.08. The number of nitrogens with one attached hydrogen (secondary N) is 1. The van der Waals surface area contributed by atoms with Gasteiger partial charge in [-0.25, -0.2) is 8.78 Å². The fourth-order valence-electron chi connectivity index (χ4n) is 2.06. The lowest BCUT2D eigenvalue weighted by atomic mass is 10.1. The largest absolute Gasteiger partial charge is 0.396 e. The van der Waals surface area contributed by atoms with Crippen LogP contribution >= 0.6 is 0 Å². The van der Waals surface area contributed by atoms with Crippen LogP contribution in [0.15, 0.2) is 42.5 Å². The van der Waals surface area contributed by atoms with Gasteiger partial charge in [0.2, 0.25) is 0 Å². The van der Waals surface area contributed by atoms with Crippen LogP contribution in [0.25, 0.3) is 0 Å². The molecule has 0 bridgehead atoms. The van der Waals surface area contributed by atoms with Crippen LogP contribution in [0.5, 0.6) is 0 Å². The van der Waals surface area contributed by atoms with Crippen LogP contribution < -0.4 is 5.32 Å². The van der Waals surface area contributed by atoms with Crippen LogP contribution in [0.1, 0.15) is 24.1 Å². The smallest absolute Gasteiger partial charge is 0.126 e. The number of aliphatic hydroxyl groups excluding tert-OH is 1. The molecule has 0 aliphatic carbocycles. The third-order valence-corrected chi connectivity index (χ3v) is 3.12. The number of benzene rings is 2. The summed E-state index contributed by atoms with van der Waals surface area (Å²) in [6.45, 7) is 1.96. The summed E-state index contributed by atoms with van der Waals surface area (Å²) in [5.41, 5.74) is 2.47. The van der Waals surface area contributed by atoms with Gasteiger partial charge in [-0.05, 0) is 48.7 Å². The van der Waals surface area contributed by atoms with Crippen molar-refractivity contribution in [3.63, 3.8) is 0 Å². The summed E-state index contributed by atoms with van der Waals surface area (Å²) >= 11 is 0. The van der Waals surface area contributed by atoms with Crippen molar-refractivity contribution in [3.05, 3.63) is 65.2 Å². The highest BCUT2D eigenvalue weighted by atomic mass is 19.1. The zero-order valence-corrected chi connectivity index (χ0v) is 11.2. The maximum absolute atomic E-state index is 13.2. The standard InChI is InChI=1S/C16H17F2NO/c1-11(13-8-14(17)10-15(18)9-13)19-16-4-2-12(3-5-16)6-7-20/h2-5,8-11,19-20H,6-7H2,1H3. The second-order valence-electron chi connectivity index (χ2n) is 4.74. The van der Waals surface area contributed by atoms with E-state index in [1.165, 1.54) is 12.1 Å². The van der Waals surface area contributed by atoms with E-state index in [0.29, 0.717) is 12.0 Å². The molecule has 2 N–H and O–H groups in total. The van der Waals surface area contributed by atoms with Gasteiger partial charge in [0.25, 0.3) is 0 Å². The highest BCUT2D eigenvalue weighted by molar-refractivity contribution is 5.46. The van der Waals surface area contributed by atoms with Crippen molar-refractivity contribution in [1.82, 2.24) is 0 Å². The molecule has 0 radical (unpaired) electrons. The summed E-state index contributed by atoms with van der Waals surface area (Å²) in [6, 6.07) is 10.9. The molecule has 1 unspecified atom stereocenters. The van der Waals surface area contributed by atoms with E-state index in [-0.39, 0.29) is 12.6 Å². The minimum Gasteiger partial charge on any atom is -0.396 e. The van der Waals surface area contributed by atoms with Gasteiger partial charge < -0.3 is 10.4 Å². The molecule has 0 saturated heterocycles. The fraction of sp³-hybridized carbons (Fsp3) is 0.250. The van der Waals surface area contributed by atoms with E-state index in [0.717, 1.165) is 17.3 Å². The van der Waals surface area contributed by atoms with E-state index >= 15 is 0 Å². The molecular weight excluding hydrogens is 260 g/mol. The quantitative estimate of drug-likeness (QED) is 0.874. The summed E-state index contributed by atoms with van der Waals surface area (Å²) in [4.78, 5) is 0. The predicted molar refractivity (Wildman–Crippen MR) is 75.6 cm³/mol. The first-order valence-corrected chi connectivity index (χ1v) is 6.51. The monoisotopic (exact) mass is 277 g/mol. The van der Waals surface area contributed by atoms with E-state index in [4.69, 9.17) is 5.11 Å². The highest BCUT2D eigenvalue weighted by Gasteiger charge is 2.08. The van der Waals surface area contributed by atoms with Gasteiger partial charge in [0.05, 0.1) is 0 Å². The van der Waals surface area contributed by atoms with Crippen molar-refractivity contribution in [3.8, 4) is 0 Å². The van der Waals surface area contributed by atoms with Crippen LogP contribution in [-0.4, -0.2) is 11.7 Å². The zero-order chi connectivity index (χ0) is 14.5. The van der Waals surface area contributed by atoms with E-state index in [9.17, 15) is 8.78 Å². The van der Waals surface area contributed by atoms with Crippen LogP contribution in [-0.2, 0) is 6.42 Å². The molecule has 4 heteroatoms. The van der Waals surface area contributed by atoms with Crippen molar-refractivity contribution in [2.45, 2.75) is 19.4 Å². The van der Waals surface area contributed by atoms with Gasteiger partial charge in [-0.2, -0.15) is 0 Å². The molecule has 106 valence electrons. The van der Waals surface area contributed by atoms with Crippen molar-refractivity contribution < 1.29 is 13.9 Å². The molecule has 1 atom stereocenters. The number of hydrogen-bond acceptors (Lipinski definition) is 2. The zero-order valence-electron chi connectivity index (χ0n) is 11.2. The lowest BCUT2D eigenvalue weighted by Gasteiger charge is -2.16. The predicted octanol–water partition coefficient (Wildman–Crippen LogP) is 3.67. The molecule has 0 fully saturated rings. The number of aliphatic hydroxyl groups is 1. The van der Waals surface area contributed by atoms with Gasteiger partial charge >= 0.3 is 0 Å². The Bertz CT molecular complexity index is 549. The summed E-state index contributed by atoms with van der Waals surface area (Å²) < 4.78 is 26.3. The van der Waals surface area contributed by atoms with Crippen molar-refractivity contribution in [2.75, 3.05) is 11.9 Å². The van der Waals surface area contributed by atoms with Crippen LogP contribution in [0.4, 0.5) is 14.5 Å². The first-order valence-electron chi connectivity index (χ1n) is 6.51. The lowest BCUT2D eigenvalue weighted by Crippen LogP contribution is -2.07. The third kappa shape index (κ3) is 3.78. The Morgan fingerprint density at radius 2 is 1.65 bits per heavy atom. The average molecular weight is 277 g/mol. The Morgan fingerprint density at radius 1 is 1.05 bits per heavy atom. The normalized spacial score (nSPS) is 12.2. The molecule has 2 aromatic rings. The van der Waals surface area contributed by atoms with Crippen molar-refractivity contribution in [2.24, 2.45) is 0 Å². The molecule has 0 aliphatic heterocycles. The van der Waals surface area contributed by atoms with Gasteiger partial charge in [-0.15, -0.1) is 0 Å².